The fourth-order valence-corrected chi connectivity index (χ4v) is 7.16. The Labute approximate surface area is 378 Å². The number of hydrogen-bond donors (Lipinski definition) is 0. The fourth-order valence-electron chi connectivity index (χ4n) is 7.16. The average Bonchev–Trinajstić information content (AvgIpc) is 1.61. The van der Waals surface area contributed by atoms with Gasteiger partial charge in [-0.15, -0.1) is 0 Å². The molecule has 0 saturated heterocycles. The lowest BCUT2D eigenvalue weighted by Gasteiger charge is -2.21. The second kappa shape index (κ2) is 12.5. The predicted molar refractivity (Wildman–Crippen MR) is 240 cm³/mol. The van der Waals surface area contributed by atoms with E-state index in [-0.39, 0.29) is 0 Å². The zero-order valence-corrected chi connectivity index (χ0v) is 28.3. The van der Waals surface area contributed by atoms with E-state index in [9.17, 15) is 26.0 Å². The molecule has 0 bridgehead atoms. The molecule has 0 aliphatic rings. The van der Waals surface area contributed by atoms with Crippen LogP contribution in [0.1, 0.15) is 48.0 Å². The van der Waals surface area contributed by atoms with Crippen LogP contribution in [-0.4, -0.2) is 13.7 Å². The van der Waals surface area contributed by atoms with Gasteiger partial charge in [-0.1, -0.05) is 169 Å². The highest BCUT2D eigenvalue weighted by atomic mass is 15.1. The Balaban J connectivity index is 1.48. The van der Waals surface area contributed by atoms with Crippen molar-refractivity contribution in [1.82, 2.24) is 13.7 Å². The van der Waals surface area contributed by atoms with Crippen molar-refractivity contribution in [3.8, 4) is 39.3 Å². The summed E-state index contributed by atoms with van der Waals surface area (Å²) in [5, 5.41) is -4.39. The van der Waals surface area contributed by atoms with Gasteiger partial charge < -0.3 is 13.7 Å². The van der Waals surface area contributed by atoms with Crippen molar-refractivity contribution in [3.05, 3.63) is 211 Å². The van der Waals surface area contributed by atoms with Crippen LogP contribution in [0.25, 0.3) is 105 Å². The van der Waals surface area contributed by atoms with Gasteiger partial charge in [0.15, 0.2) is 0 Å². The lowest BCUT2D eigenvalue weighted by Crippen LogP contribution is -2.04. The normalized spacial score (nSPS) is 20.5. The molecule has 0 fully saturated rings. The third-order valence-electron chi connectivity index (χ3n) is 9.39. The highest BCUT2D eigenvalue weighted by Crippen LogP contribution is 2.45. The number of benzene rings is 9. The molecule has 3 aromatic heterocycles. The summed E-state index contributed by atoms with van der Waals surface area (Å²) in [4.78, 5) is 0. The van der Waals surface area contributed by atoms with E-state index in [1.165, 1.54) is 0 Å². The highest BCUT2D eigenvalue weighted by molar-refractivity contribution is 6.16. The van der Waals surface area contributed by atoms with Crippen molar-refractivity contribution in [2.45, 2.75) is 0 Å². The molecule has 0 atom stereocenters. The van der Waals surface area contributed by atoms with Crippen molar-refractivity contribution < 1.29 is 48.0 Å². The van der Waals surface area contributed by atoms with E-state index in [0.29, 0.717) is 13.7 Å². The first-order valence-corrected chi connectivity index (χ1v) is 16.8. The summed E-state index contributed by atoms with van der Waals surface area (Å²) in [6.07, 6.45) is 0. The first-order valence-electron chi connectivity index (χ1n) is 34.3. The second-order valence-corrected chi connectivity index (χ2v) is 12.3. The molecule has 57 heavy (non-hydrogen) atoms. The van der Waals surface area contributed by atoms with Crippen LogP contribution < -0.4 is 0 Å². The summed E-state index contributed by atoms with van der Waals surface area (Å²) in [6, 6.07) is -38.0. The monoisotopic (exact) mass is 761 g/mol. The van der Waals surface area contributed by atoms with Crippen molar-refractivity contribution in [1.29, 1.82) is 0 Å². The van der Waals surface area contributed by atoms with Gasteiger partial charge in [-0.05, 0) is 53.4 Å². The standard InChI is InChI=1S/C54H35N3/c1-3-17-36(18-4-1)39-25-15-26-40(37-19-5-2-6-20-37)53(39)57-50-31-14-10-24-44(50)46-27-16-32-51(54(46)57)56-49-30-13-9-23-43(49)45-34-33-38(35-52(45)56)55-47-28-11-7-21-41(47)42-22-8-12-29-48(42)55/h1-35H/i1D,2D,3D,4D,5D,6D,7D,8D,9D,10D,11D,12D,13D,14D,15D,16D,17D,18D,19D,20D,21D,22D,23D,24D,25D,26D,27D,28D,29D,30D,31D,32D,33D,34D,35D. The molecule has 0 spiro atoms. The van der Waals surface area contributed by atoms with Crippen molar-refractivity contribution in [2.24, 2.45) is 0 Å². The lowest BCUT2D eigenvalue weighted by atomic mass is 9.95. The maximum Gasteiger partial charge on any atom is 0.0782 e. The van der Waals surface area contributed by atoms with Crippen LogP contribution in [-0.2, 0) is 0 Å². The Bertz CT molecular complexity index is 5350. The maximum absolute atomic E-state index is 10.5. The summed E-state index contributed by atoms with van der Waals surface area (Å²) < 4.78 is 326. The number of hydrogen-bond acceptors (Lipinski definition) is 0. The molecule has 0 amide bonds. The van der Waals surface area contributed by atoms with Crippen LogP contribution in [0.15, 0.2) is 211 Å². The molecule has 0 unspecified atom stereocenters. The average molecular weight is 761 g/mol. The van der Waals surface area contributed by atoms with E-state index >= 15 is 0 Å². The van der Waals surface area contributed by atoms with Gasteiger partial charge in [0, 0.05) is 49.1 Å². The minimum atomic E-state index is -1.27. The first-order chi connectivity index (χ1) is 42.9. The van der Waals surface area contributed by atoms with Gasteiger partial charge in [-0.25, -0.2) is 0 Å². The van der Waals surface area contributed by atoms with Gasteiger partial charge in [0.05, 0.1) is 92.5 Å². The second-order valence-electron chi connectivity index (χ2n) is 12.3. The Morgan fingerprint density at radius 1 is 0.298 bits per heavy atom. The summed E-state index contributed by atoms with van der Waals surface area (Å²) >= 11 is 0. The molecule has 0 saturated carbocycles. The van der Waals surface area contributed by atoms with Crippen LogP contribution in [0.5, 0.6) is 0 Å². The summed E-state index contributed by atoms with van der Waals surface area (Å²) in [5.74, 6) is 0. The predicted octanol–water partition coefficient (Wildman–Crippen LogP) is 14.3. The molecule has 266 valence electrons. The van der Waals surface area contributed by atoms with Crippen LogP contribution in [0, 0.1) is 0 Å². The van der Waals surface area contributed by atoms with Crippen LogP contribution in [0.2, 0.25) is 0 Å². The van der Waals surface area contributed by atoms with Gasteiger partial charge in [-0.3, -0.25) is 0 Å². The van der Waals surface area contributed by atoms with E-state index < -0.39 is 316 Å². The van der Waals surface area contributed by atoms with E-state index in [0.717, 1.165) is 0 Å². The quantitative estimate of drug-likeness (QED) is 0.166. The van der Waals surface area contributed by atoms with Gasteiger partial charge in [0.25, 0.3) is 0 Å². The fraction of sp³-hybridized carbons (Fsp3) is 0. The first kappa shape index (κ1) is 12.7. The van der Waals surface area contributed by atoms with Crippen molar-refractivity contribution in [2.75, 3.05) is 0 Å². The summed E-state index contributed by atoms with van der Waals surface area (Å²) in [6.45, 7) is 0. The van der Waals surface area contributed by atoms with Crippen LogP contribution >= 0.6 is 0 Å². The SMILES string of the molecule is [2H]c1c([2H])c([2H])c(-c2c([2H])c([2H])c([2H])c(-c3c([2H])c([2H])c([2H])c([2H])c3[2H])c2-n2c3c([2H])c([2H])c([2H])c([2H])c3c3c([2H])c([2H])c([2H])c(-n4c5c([2H])c([2H])c([2H])c([2H])c5c5c([2H])c([2H])c(-n6c7c([2H])c([2H])c([2H])c([2H])c7c7c([2H])c([2H])c([2H])c([2H])c76)c([2H])c54)c32)c([2H])c1[2H]. The van der Waals surface area contributed by atoms with E-state index in [1.54, 1.807) is 0 Å². The molecule has 0 N–H and O–H groups in total. The highest BCUT2D eigenvalue weighted by Gasteiger charge is 2.24. The van der Waals surface area contributed by atoms with Crippen LogP contribution in [0.3, 0.4) is 0 Å². The molecule has 12 aromatic rings. The number of para-hydroxylation sites is 6. The molecular formula is C54H35N3. The van der Waals surface area contributed by atoms with Gasteiger partial charge in [-0.2, -0.15) is 0 Å². The molecular weight excluding hydrogens is 691 g/mol. The number of rotatable bonds is 5. The van der Waals surface area contributed by atoms with E-state index in [1.807, 2.05) is 0 Å². The lowest BCUT2D eigenvalue weighted by molar-refractivity contribution is 1.13. The molecule has 0 aliphatic carbocycles. The zero-order chi connectivity index (χ0) is 67.9. The Kier molecular flexibility index (Phi) is 2.78. The van der Waals surface area contributed by atoms with Gasteiger partial charge in [0.1, 0.15) is 0 Å². The van der Waals surface area contributed by atoms with Crippen molar-refractivity contribution in [3.63, 3.8) is 0 Å². The van der Waals surface area contributed by atoms with Crippen molar-refractivity contribution >= 4 is 65.4 Å². The Morgan fingerprint density at radius 2 is 0.719 bits per heavy atom. The van der Waals surface area contributed by atoms with Crippen LogP contribution in [0.4, 0.5) is 0 Å². The third kappa shape index (κ3) is 4.66. The molecule has 3 heteroatoms. The summed E-state index contributed by atoms with van der Waals surface area (Å²) in [7, 11) is 0. The molecule has 3 nitrogen and oxygen atoms in total. The largest absolute Gasteiger partial charge is 0.309 e. The third-order valence-corrected chi connectivity index (χ3v) is 9.39. The smallest absolute Gasteiger partial charge is 0.0782 e. The molecule has 9 aromatic carbocycles. The molecule has 12 rings (SSSR count). The van der Waals surface area contributed by atoms with Gasteiger partial charge in [0.2, 0.25) is 0 Å². The minimum absolute atomic E-state index is 0.584. The Morgan fingerprint density at radius 3 is 1.28 bits per heavy atom. The summed E-state index contributed by atoms with van der Waals surface area (Å²) in [5.41, 5.74) is -12.6. The zero-order valence-electron chi connectivity index (χ0n) is 63.3. The number of aromatic nitrogens is 3. The van der Waals surface area contributed by atoms with E-state index in [4.69, 9.17) is 21.9 Å². The number of nitrogens with zero attached hydrogens (tertiary/aromatic N) is 3. The molecule has 3 heterocycles. The topological polar surface area (TPSA) is 14.8 Å². The molecule has 0 radical (unpaired) electrons. The minimum Gasteiger partial charge on any atom is -0.309 e. The number of fused-ring (bicyclic) bond motifs is 9. The molecule has 0 aliphatic heterocycles. The Hall–Kier alpha value is -7.62. The van der Waals surface area contributed by atoms with Gasteiger partial charge >= 0.3 is 0 Å². The van der Waals surface area contributed by atoms with E-state index in [2.05, 4.69) is 0 Å². The maximum atomic E-state index is 10.5.